The molecule has 0 aromatic heterocycles. The molecule has 0 aliphatic heterocycles. The lowest BCUT2D eigenvalue weighted by atomic mass is 10.2. The summed E-state index contributed by atoms with van der Waals surface area (Å²) in [5.74, 6) is -1.72. The molecule has 0 saturated heterocycles. The minimum Gasteiger partial charge on any atom is -0.504 e. The molecule has 2 aromatic carbocycles. The SMILES string of the molecule is COc1cc(C=CC(=O)OCC(=O)COC(=O)C=Cc2ccc(O)c(OC)c2)ccc1O. The van der Waals surface area contributed by atoms with Crippen molar-refractivity contribution in [3.05, 3.63) is 59.7 Å². The van der Waals surface area contributed by atoms with Crippen LogP contribution in [0.1, 0.15) is 11.1 Å². The number of phenolic OH excluding ortho intramolecular Hbond substituents is 2. The molecule has 0 aliphatic carbocycles. The van der Waals surface area contributed by atoms with Gasteiger partial charge in [0, 0.05) is 12.2 Å². The van der Waals surface area contributed by atoms with E-state index in [-0.39, 0.29) is 23.0 Å². The smallest absolute Gasteiger partial charge is 0.331 e. The number of carbonyl (C=O) groups excluding carboxylic acids is 3. The van der Waals surface area contributed by atoms with Crippen LogP contribution in [0.25, 0.3) is 12.2 Å². The lowest BCUT2D eigenvalue weighted by Crippen LogP contribution is -2.19. The zero-order chi connectivity index (χ0) is 23.5. The Morgan fingerprint density at radius 2 is 1.16 bits per heavy atom. The lowest BCUT2D eigenvalue weighted by Gasteiger charge is -2.04. The Morgan fingerprint density at radius 1 is 0.750 bits per heavy atom. The van der Waals surface area contributed by atoms with E-state index in [2.05, 4.69) is 0 Å². The van der Waals surface area contributed by atoms with Crippen molar-refractivity contribution >= 4 is 29.9 Å². The van der Waals surface area contributed by atoms with Crippen LogP contribution in [-0.4, -0.2) is 55.4 Å². The number of hydrogen-bond acceptors (Lipinski definition) is 9. The molecule has 0 saturated carbocycles. The standard InChI is InChI=1S/C23H22O9/c1-29-20-11-15(3-7-18(20)25)5-9-22(27)31-13-17(24)14-32-23(28)10-6-16-4-8-19(26)21(12-16)30-2/h3-12,25-26H,13-14H2,1-2H3. The number of methoxy groups -OCH3 is 2. The number of aromatic hydroxyl groups is 2. The van der Waals surface area contributed by atoms with E-state index in [0.717, 1.165) is 12.2 Å². The predicted molar refractivity (Wildman–Crippen MR) is 114 cm³/mol. The topological polar surface area (TPSA) is 129 Å². The van der Waals surface area contributed by atoms with Gasteiger partial charge in [0.05, 0.1) is 14.2 Å². The predicted octanol–water partition coefficient (Wildman–Crippen LogP) is 2.50. The van der Waals surface area contributed by atoms with Gasteiger partial charge < -0.3 is 29.2 Å². The Balaban J connectivity index is 1.75. The van der Waals surface area contributed by atoms with Gasteiger partial charge in [-0.3, -0.25) is 4.79 Å². The molecule has 32 heavy (non-hydrogen) atoms. The zero-order valence-electron chi connectivity index (χ0n) is 17.4. The fourth-order valence-corrected chi connectivity index (χ4v) is 2.37. The molecule has 0 spiro atoms. The summed E-state index contributed by atoms with van der Waals surface area (Å²) in [4.78, 5) is 35.2. The normalized spacial score (nSPS) is 10.8. The van der Waals surface area contributed by atoms with Crippen molar-refractivity contribution in [2.45, 2.75) is 0 Å². The lowest BCUT2D eigenvalue weighted by molar-refractivity contribution is -0.148. The van der Waals surface area contributed by atoms with Crippen molar-refractivity contribution < 1.29 is 43.5 Å². The number of ketones is 1. The summed E-state index contributed by atoms with van der Waals surface area (Å²) in [6.07, 6.45) is 5.08. The molecule has 0 radical (unpaired) electrons. The Bertz CT molecular complexity index is 956. The molecular formula is C23H22O9. The summed E-state index contributed by atoms with van der Waals surface area (Å²) in [5.41, 5.74) is 1.16. The van der Waals surface area contributed by atoms with Crippen LogP contribution in [0.4, 0.5) is 0 Å². The average molecular weight is 442 g/mol. The Hall–Kier alpha value is -4.27. The number of phenols is 2. The van der Waals surface area contributed by atoms with Gasteiger partial charge in [0.1, 0.15) is 0 Å². The first kappa shape index (κ1) is 24.0. The van der Waals surface area contributed by atoms with Gasteiger partial charge in [-0.05, 0) is 47.5 Å². The third kappa shape index (κ3) is 7.52. The number of ether oxygens (including phenoxy) is 4. The minimum absolute atomic E-state index is 0.0370. The number of carbonyl (C=O) groups is 3. The number of benzene rings is 2. The highest BCUT2D eigenvalue weighted by Crippen LogP contribution is 2.27. The van der Waals surface area contributed by atoms with Crippen LogP contribution in [0.15, 0.2) is 48.6 Å². The van der Waals surface area contributed by atoms with Gasteiger partial charge in [0.15, 0.2) is 36.2 Å². The van der Waals surface area contributed by atoms with E-state index >= 15 is 0 Å². The third-order valence-corrected chi connectivity index (χ3v) is 3.98. The van der Waals surface area contributed by atoms with Gasteiger partial charge in [-0.25, -0.2) is 9.59 Å². The summed E-state index contributed by atoms with van der Waals surface area (Å²) in [5, 5.41) is 19.1. The van der Waals surface area contributed by atoms with E-state index in [0.29, 0.717) is 11.1 Å². The van der Waals surface area contributed by atoms with Crippen molar-refractivity contribution in [1.29, 1.82) is 0 Å². The molecule has 2 rings (SSSR count). The molecule has 168 valence electrons. The number of rotatable bonds is 10. The number of hydrogen-bond donors (Lipinski definition) is 2. The maximum absolute atomic E-state index is 11.8. The molecule has 0 aliphatic rings. The highest BCUT2D eigenvalue weighted by Gasteiger charge is 2.09. The fraction of sp³-hybridized carbons (Fsp3) is 0.174. The van der Waals surface area contributed by atoms with E-state index in [1.165, 1.54) is 50.6 Å². The molecule has 0 amide bonds. The summed E-state index contributed by atoms with van der Waals surface area (Å²) in [6.45, 7) is -1.12. The largest absolute Gasteiger partial charge is 0.504 e. The molecule has 9 nitrogen and oxygen atoms in total. The summed E-state index contributed by atoms with van der Waals surface area (Å²) in [6, 6.07) is 8.99. The molecule has 0 bridgehead atoms. The van der Waals surface area contributed by atoms with Gasteiger partial charge in [-0.1, -0.05) is 12.1 Å². The van der Waals surface area contributed by atoms with E-state index in [1.807, 2.05) is 0 Å². The van der Waals surface area contributed by atoms with Gasteiger partial charge in [-0.15, -0.1) is 0 Å². The second-order valence-corrected chi connectivity index (χ2v) is 6.28. The van der Waals surface area contributed by atoms with Gasteiger partial charge >= 0.3 is 11.9 Å². The molecule has 2 N–H and O–H groups in total. The van der Waals surface area contributed by atoms with Gasteiger partial charge in [-0.2, -0.15) is 0 Å². The zero-order valence-corrected chi connectivity index (χ0v) is 17.4. The number of Topliss-reactive ketones (excluding diaryl/α,β-unsaturated/α-hetero) is 1. The van der Waals surface area contributed by atoms with Crippen molar-refractivity contribution in [1.82, 2.24) is 0 Å². The van der Waals surface area contributed by atoms with Crippen LogP contribution in [0.5, 0.6) is 23.0 Å². The maximum atomic E-state index is 11.8. The van der Waals surface area contributed by atoms with E-state index < -0.39 is 30.9 Å². The minimum atomic E-state index is -0.766. The summed E-state index contributed by atoms with van der Waals surface area (Å²) < 4.78 is 19.5. The van der Waals surface area contributed by atoms with Crippen LogP contribution in [0, 0.1) is 0 Å². The van der Waals surface area contributed by atoms with Crippen molar-refractivity contribution in [3.63, 3.8) is 0 Å². The molecule has 0 fully saturated rings. The van der Waals surface area contributed by atoms with Crippen molar-refractivity contribution in [2.75, 3.05) is 27.4 Å². The molecule has 9 heteroatoms. The summed E-state index contributed by atoms with van der Waals surface area (Å²) >= 11 is 0. The van der Waals surface area contributed by atoms with E-state index in [9.17, 15) is 24.6 Å². The summed E-state index contributed by atoms with van der Waals surface area (Å²) in [7, 11) is 2.80. The Morgan fingerprint density at radius 3 is 1.53 bits per heavy atom. The number of esters is 2. The van der Waals surface area contributed by atoms with E-state index in [4.69, 9.17) is 18.9 Å². The maximum Gasteiger partial charge on any atom is 0.331 e. The highest BCUT2D eigenvalue weighted by molar-refractivity contribution is 5.92. The van der Waals surface area contributed by atoms with Crippen LogP contribution in [0.3, 0.4) is 0 Å². The first-order chi connectivity index (χ1) is 15.3. The van der Waals surface area contributed by atoms with Crippen LogP contribution >= 0.6 is 0 Å². The fourth-order valence-electron chi connectivity index (χ4n) is 2.37. The van der Waals surface area contributed by atoms with Crippen LogP contribution in [0.2, 0.25) is 0 Å². The molecular weight excluding hydrogens is 420 g/mol. The molecule has 0 heterocycles. The third-order valence-electron chi connectivity index (χ3n) is 3.98. The second kappa shape index (κ2) is 11.8. The molecule has 0 atom stereocenters. The average Bonchev–Trinajstić information content (AvgIpc) is 2.80. The first-order valence-electron chi connectivity index (χ1n) is 9.27. The highest BCUT2D eigenvalue weighted by atomic mass is 16.6. The molecule has 2 aromatic rings. The Kier molecular flexibility index (Phi) is 8.85. The first-order valence-corrected chi connectivity index (χ1v) is 9.27. The molecule has 0 unspecified atom stereocenters. The van der Waals surface area contributed by atoms with Crippen molar-refractivity contribution in [3.8, 4) is 23.0 Å². The van der Waals surface area contributed by atoms with Gasteiger partial charge in [0.2, 0.25) is 5.78 Å². The van der Waals surface area contributed by atoms with Crippen LogP contribution in [-0.2, 0) is 23.9 Å². The van der Waals surface area contributed by atoms with Crippen molar-refractivity contribution in [2.24, 2.45) is 0 Å². The second-order valence-electron chi connectivity index (χ2n) is 6.28. The van der Waals surface area contributed by atoms with Gasteiger partial charge in [0.25, 0.3) is 0 Å². The van der Waals surface area contributed by atoms with E-state index in [1.54, 1.807) is 12.1 Å². The Labute approximate surface area is 184 Å². The quantitative estimate of drug-likeness (QED) is 0.421. The van der Waals surface area contributed by atoms with Crippen LogP contribution < -0.4 is 9.47 Å². The monoisotopic (exact) mass is 442 g/mol.